The highest BCUT2D eigenvalue weighted by Gasteiger charge is 2.45. The van der Waals surface area contributed by atoms with Gasteiger partial charge in [0.15, 0.2) is 0 Å². The fraction of sp³-hybridized carbons (Fsp3) is 0.360. The Bertz CT molecular complexity index is 984. The molecule has 2 aromatic rings. The molecule has 0 spiro atoms. The SMILES string of the molecule is CCCOc1ccc(/C(O)=C2\C(=O)C(=O)N(CCCN(C)C)C2c2ccc(Cl)cc2)cc1. The zero-order valence-corrected chi connectivity index (χ0v) is 19.4. The second-order valence-electron chi connectivity index (χ2n) is 8.07. The summed E-state index contributed by atoms with van der Waals surface area (Å²) in [5.74, 6) is -0.797. The quantitative estimate of drug-likeness (QED) is 0.341. The minimum absolute atomic E-state index is 0.0874. The topological polar surface area (TPSA) is 70.1 Å². The molecule has 1 unspecified atom stereocenters. The first kappa shape index (κ1) is 23.8. The van der Waals surface area contributed by atoms with Gasteiger partial charge in [0.05, 0.1) is 18.2 Å². The van der Waals surface area contributed by atoms with Crippen LogP contribution in [0.2, 0.25) is 5.02 Å². The smallest absolute Gasteiger partial charge is 0.295 e. The number of benzene rings is 2. The summed E-state index contributed by atoms with van der Waals surface area (Å²) < 4.78 is 5.59. The third-order valence-electron chi connectivity index (χ3n) is 5.33. The van der Waals surface area contributed by atoms with E-state index in [1.165, 1.54) is 0 Å². The van der Waals surface area contributed by atoms with E-state index in [1.807, 2.05) is 25.9 Å². The van der Waals surface area contributed by atoms with Crippen LogP contribution in [0, 0.1) is 0 Å². The first-order valence-corrected chi connectivity index (χ1v) is 11.1. The number of carbonyl (C=O) groups is 2. The summed E-state index contributed by atoms with van der Waals surface area (Å²) >= 11 is 6.05. The first-order valence-electron chi connectivity index (χ1n) is 10.7. The van der Waals surface area contributed by atoms with Crippen LogP contribution in [-0.4, -0.2) is 60.4 Å². The molecular formula is C25H29ClN2O4. The molecule has 0 radical (unpaired) electrons. The number of hydrogen-bond donors (Lipinski definition) is 1. The second kappa shape index (κ2) is 10.7. The van der Waals surface area contributed by atoms with Gasteiger partial charge in [0.25, 0.3) is 11.7 Å². The van der Waals surface area contributed by atoms with E-state index < -0.39 is 17.7 Å². The summed E-state index contributed by atoms with van der Waals surface area (Å²) in [6.45, 7) is 3.79. The molecule has 32 heavy (non-hydrogen) atoms. The predicted molar refractivity (Wildman–Crippen MR) is 126 cm³/mol. The number of aliphatic hydroxyl groups is 1. The number of amides is 1. The van der Waals surface area contributed by atoms with Gasteiger partial charge in [0.1, 0.15) is 11.5 Å². The van der Waals surface area contributed by atoms with Crippen LogP contribution in [0.3, 0.4) is 0 Å². The molecule has 1 fully saturated rings. The number of ketones is 1. The molecular weight excluding hydrogens is 428 g/mol. The molecule has 0 aliphatic carbocycles. The number of rotatable bonds is 9. The monoisotopic (exact) mass is 456 g/mol. The zero-order valence-electron chi connectivity index (χ0n) is 18.7. The molecule has 1 saturated heterocycles. The van der Waals surface area contributed by atoms with Crippen molar-refractivity contribution in [1.29, 1.82) is 0 Å². The van der Waals surface area contributed by atoms with Gasteiger partial charge >= 0.3 is 0 Å². The Morgan fingerprint density at radius 2 is 1.75 bits per heavy atom. The van der Waals surface area contributed by atoms with E-state index in [0.29, 0.717) is 35.9 Å². The van der Waals surface area contributed by atoms with Gasteiger partial charge in [-0.15, -0.1) is 0 Å². The average Bonchev–Trinajstić information content (AvgIpc) is 3.03. The number of carbonyl (C=O) groups excluding carboxylic acids is 2. The minimum atomic E-state index is -0.682. The van der Waals surface area contributed by atoms with Gasteiger partial charge in [-0.3, -0.25) is 9.59 Å². The maximum Gasteiger partial charge on any atom is 0.295 e. The summed E-state index contributed by atoms with van der Waals surface area (Å²) in [7, 11) is 3.91. The third kappa shape index (κ3) is 5.31. The molecule has 0 bridgehead atoms. The number of halogens is 1. The molecule has 7 heteroatoms. The minimum Gasteiger partial charge on any atom is -0.507 e. The van der Waals surface area contributed by atoms with E-state index in [4.69, 9.17) is 16.3 Å². The lowest BCUT2D eigenvalue weighted by molar-refractivity contribution is -0.139. The normalized spacial score (nSPS) is 17.9. The summed E-state index contributed by atoms with van der Waals surface area (Å²) in [5, 5.41) is 11.7. The highest BCUT2D eigenvalue weighted by Crippen LogP contribution is 2.39. The third-order valence-corrected chi connectivity index (χ3v) is 5.58. The fourth-order valence-electron chi connectivity index (χ4n) is 3.74. The van der Waals surface area contributed by atoms with E-state index in [-0.39, 0.29) is 11.3 Å². The molecule has 3 rings (SSSR count). The standard InChI is InChI=1S/C25H29ClN2O4/c1-4-16-32-20-12-8-18(9-13-20)23(29)21-22(17-6-10-19(26)11-7-17)28(25(31)24(21)30)15-5-14-27(2)3/h6-13,22,29H,4-5,14-16H2,1-3H3/b23-21+. The Morgan fingerprint density at radius 1 is 1.09 bits per heavy atom. The summed E-state index contributed by atoms with van der Waals surface area (Å²) in [5.41, 5.74) is 1.27. The lowest BCUT2D eigenvalue weighted by atomic mass is 9.95. The van der Waals surface area contributed by atoms with Gasteiger partial charge in [0, 0.05) is 17.1 Å². The van der Waals surface area contributed by atoms with E-state index in [2.05, 4.69) is 0 Å². The van der Waals surface area contributed by atoms with Crippen molar-refractivity contribution < 1.29 is 19.4 Å². The molecule has 1 heterocycles. The average molecular weight is 457 g/mol. The molecule has 1 aliphatic rings. The molecule has 1 aliphatic heterocycles. The summed E-state index contributed by atoms with van der Waals surface area (Å²) in [4.78, 5) is 29.5. The van der Waals surface area contributed by atoms with Crippen LogP contribution < -0.4 is 4.74 Å². The van der Waals surface area contributed by atoms with E-state index in [1.54, 1.807) is 53.4 Å². The van der Waals surface area contributed by atoms with Crippen LogP contribution in [0.1, 0.15) is 36.9 Å². The van der Waals surface area contributed by atoms with Crippen molar-refractivity contribution in [2.24, 2.45) is 0 Å². The van der Waals surface area contributed by atoms with Crippen LogP contribution >= 0.6 is 11.6 Å². The molecule has 170 valence electrons. The first-order chi connectivity index (χ1) is 15.3. The zero-order chi connectivity index (χ0) is 23.3. The highest BCUT2D eigenvalue weighted by molar-refractivity contribution is 6.46. The maximum atomic E-state index is 13.0. The molecule has 0 aromatic heterocycles. The Labute approximate surface area is 194 Å². The Morgan fingerprint density at radius 3 is 2.34 bits per heavy atom. The van der Waals surface area contributed by atoms with Gasteiger partial charge in [-0.1, -0.05) is 30.7 Å². The molecule has 2 aromatic carbocycles. The molecule has 1 N–H and O–H groups in total. The second-order valence-corrected chi connectivity index (χ2v) is 8.51. The Hall–Kier alpha value is -2.83. The van der Waals surface area contributed by atoms with Crippen LogP contribution in [0.5, 0.6) is 5.75 Å². The van der Waals surface area contributed by atoms with E-state index in [9.17, 15) is 14.7 Å². The van der Waals surface area contributed by atoms with Crippen molar-refractivity contribution in [1.82, 2.24) is 9.80 Å². The van der Waals surface area contributed by atoms with Crippen molar-refractivity contribution in [3.63, 3.8) is 0 Å². The maximum absolute atomic E-state index is 13.0. The molecule has 6 nitrogen and oxygen atoms in total. The molecule has 1 atom stereocenters. The van der Waals surface area contributed by atoms with Gasteiger partial charge in [0.2, 0.25) is 0 Å². The van der Waals surface area contributed by atoms with E-state index in [0.717, 1.165) is 18.5 Å². The van der Waals surface area contributed by atoms with Gasteiger partial charge in [-0.05, 0) is 75.4 Å². The number of hydrogen-bond acceptors (Lipinski definition) is 5. The number of ether oxygens (including phenoxy) is 1. The van der Waals surface area contributed by atoms with E-state index >= 15 is 0 Å². The number of nitrogens with zero attached hydrogens (tertiary/aromatic N) is 2. The van der Waals surface area contributed by atoms with Crippen molar-refractivity contribution in [2.45, 2.75) is 25.8 Å². The summed E-state index contributed by atoms with van der Waals surface area (Å²) in [6.07, 6.45) is 1.59. The lowest BCUT2D eigenvalue weighted by Gasteiger charge is -2.26. The van der Waals surface area contributed by atoms with Crippen LogP contribution in [-0.2, 0) is 9.59 Å². The largest absolute Gasteiger partial charge is 0.507 e. The lowest BCUT2D eigenvalue weighted by Crippen LogP contribution is -2.32. The Balaban J connectivity index is 2.01. The fourth-order valence-corrected chi connectivity index (χ4v) is 3.87. The van der Waals surface area contributed by atoms with Crippen LogP contribution in [0.4, 0.5) is 0 Å². The van der Waals surface area contributed by atoms with Crippen molar-refractivity contribution in [3.8, 4) is 5.75 Å². The molecule has 1 amide bonds. The Kier molecular flexibility index (Phi) is 7.94. The predicted octanol–water partition coefficient (Wildman–Crippen LogP) is 4.50. The number of Topliss-reactive ketones (excluding diaryl/α,β-unsaturated/α-hetero) is 1. The van der Waals surface area contributed by atoms with Crippen molar-refractivity contribution in [2.75, 3.05) is 33.8 Å². The van der Waals surface area contributed by atoms with Crippen molar-refractivity contribution >= 4 is 29.1 Å². The van der Waals surface area contributed by atoms with Gasteiger partial charge in [-0.25, -0.2) is 0 Å². The number of likely N-dealkylation sites (tertiary alicyclic amines) is 1. The van der Waals surface area contributed by atoms with Gasteiger partial charge in [-0.2, -0.15) is 0 Å². The van der Waals surface area contributed by atoms with Crippen LogP contribution in [0.25, 0.3) is 5.76 Å². The highest BCUT2D eigenvalue weighted by atomic mass is 35.5. The molecule has 0 saturated carbocycles. The van der Waals surface area contributed by atoms with Crippen LogP contribution in [0.15, 0.2) is 54.1 Å². The number of aliphatic hydroxyl groups excluding tert-OH is 1. The van der Waals surface area contributed by atoms with Gasteiger partial charge < -0.3 is 19.6 Å². The summed E-state index contributed by atoms with van der Waals surface area (Å²) in [6, 6.07) is 13.2. The van der Waals surface area contributed by atoms with Crippen molar-refractivity contribution in [3.05, 3.63) is 70.3 Å².